The molecule has 4 nitrogen and oxygen atoms in total. The van der Waals surface area contributed by atoms with Gasteiger partial charge in [-0.05, 0) is 21.5 Å². The smallest absolute Gasteiger partial charge is 0.351 e. The molecule has 1 aromatic heterocycles. The molecule has 1 N–H and O–H groups in total. The molecule has 1 heterocycles. The monoisotopic (exact) mass is 334 g/mol. The van der Waals surface area contributed by atoms with Crippen LogP contribution in [-0.4, -0.2) is 13.0 Å². The van der Waals surface area contributed by atoms with Gasteiger partial charge in [-0.15, -0.1) is 0 Å². The van der Waals surface area contributed by atoms with Gasteiger partial charge in [0.1, 0.15) is 0 Å². The van der Waals surface area contributed by atoms with Crippen molar-refractivity contribution in [3.8, 4) is 16.2 Å². The predicted octanol–water partition coefficient (Wildman–Crippen LogP) is 3.36. The minimum absolute atomic E-state index is 0.109. The third-order valence-electron chi connectivity index (χ3n) is 1.94. The predicted molar refractivity (Wildman–Crippen MR) is 69.6 cm³/mol. The van der Waals surface area contributed by atoms with Gasteiger partial charge in [0.25, 0.3) is 0 Å². The highest BCUT2D eigenvalue weighted by atomic mass is 79.9. The molecule has 7 heteroatoms. The fraction of sp³-hybridized carbons (Fsp3) is 0. The Morgan fingerprint density at radius 2 is 1.88 bits per heavy atom. The molecule has 0 spiro atoms. The Morgan fingerprint density at radius 1 is 1.24 bits per heavy atom. The molecule has 0 aliphatic rings. The van der Waals surface area contributed by atoms with Crippen molar-refractivity contribution in [3.05, 3.63) is 40.2 Å². The van der Waals surface area contributed by atoms with Crippen LogP contribution in [0.15, 0.2) is 40.2 Å². The molecule has 1 aromatic carbocycles. The van der Waals surface area contributed by atoms with Gasteiger partial charge >= 0.3 is 10.4 Å². The molecule has 2 rings (SSSR count). The van der Waals surface area contributed by atoms with E-state index < -0.39 is 10.4 Å². The molecule has 0 radical (unpaired) electrons. The van der Waals surface area contributed by atoms with Gasteiger partial charge in [-0.25, -0.2) is 0 Å². The van der Waals surface area contributed by atoms with Crippen LogP contribution in [0.2, 0.25) is 0 Å². The van der Waals surface area contributed by atoms with Gasteiger partial charge in [0.15, 0.2) is 5.06 Å². The molecule has 17 heavy (non-hydrogen) atoms. The van der Waals surface area contributed by atoms with Crippen molar-refractivity contribution in [2.75, 3.05) is 0 Å². The van der Waals surface area contributed by atoms with Crippen molar-refractivity contribution in [3.63, 3.8) is 0 Å². The SMILES string of the molecule is O=S(=O)(O)Oc1cc(-c2ccccc2)c(Br)s1. The van der Waals surface area contributed by atoms with E-state index in [0.717, 1.165) is 26.3 Å². The number of thiophene rings is 1. The normalized spacial score (nSPS) is 11.4. The number of benzene rings is 1. The van der Waals surface area contributed by atoms with Crippen molar-refractivity contribution < 1.29 is 17.2 Å². The number of hydrogen-bond donors (Lipinski definition) is 1. The van der Waals surface area contributed by atoms with Gasteiger partial charge in [-0.3, -0.25) is 4.55 Å². The van der Waals surface area contributed by atoms with Crippen LogP contribution < -0.4 is 4.18 Å². The van der Waals surface area contributed by atoms with Gasteiger partial charge in [0.2, 0.25) is 0 Å². The third kappa shape index (κ3) is 3.29. The molecule has 0 unspecified atom stereocenters. The summed E-state index contributed by atoms with van der Waals surface area (Å²) in [4.78, 5) is 0. The summed E-state index contributed by atoms with van der Waals surface area (Å²) in [5.74, 6) is 0. The summed E-state index contributed by atoms with van der Waals surface area (Å²) in [7, 11) is -4.47. The van der Waals surface area contributed by atoms with E-state index in [9.17, 15) is 8.42 Å². The molecule has 0 saturated carbocycles. The first-order valence-corrected chi connectivity index (χ1v) is 7.45. The van der Waals surface area contributed by atoms with Crippen LogP contribution in [0.4, 0.5) is 0 Å². The Balaban J connectivity index is 2.38. The molecule has 90 valence electrons. The first-order valence-electron chi connectivity index (χ1n) is 4.47. The van der Waals surface area contributed by atoms with Gasteiger partial charge in [-0.1, -0.05) is 41.7 Å². The summed E-state index contributed by atoms with van der Waals surface area (Å²) >= 11 is 4.41. The Kier molecular flexibility index (Phi) is 3.53. The summed E-state index contributed by atoms with van der Waals surface area (Å²) in [6.45, 7) is 0. The fourth-order valence-corrected chi connectivity index (χ4v) is 3.42. The molecule has 0 aliphatic carbocycles. The van der Waals surface area contributed by atoms with Gasteiger partial charge < -0.3 is 4.18 Å². The molecule has 2 aromatic rings. The number of hydrogen-bond acceptors (Lipinski definition) is 4. The zero-order valence-corrected chi connectivity index (χ0v) is 11.5. The number of halogens is 1. The minimum atomic E-state index is -4.47. The molecule has 0 atom stereocenters. The topological polar surface area (TPSA) is 63.6 Å². The van der Waals surface area contributed by atoms with Crippen LogP contribution >= 0.6 is 27.3 Å². The maximum Gasteiger partial charge on any atom is 0.447 e. The summed E-state index contributed by atoms with van der Waals surface area (Å²) in [5, 5.41) is 0.109. The Hall–Kier alpha value is -0.890. The largest absolute Gasteiger partial charge is 0.447 e. The lowest BCUT2D eigenvalue weighted by molar-refractivity contribution is 0.391. The van der Waals surface area contributed by atoms with Crippen molar-refractivity contribution >= 4 is 37.7 Å². The van der Waals surface area contributed by atoms with E-state index in [1.807, 2.05) is 30.3 Å². The van der Waals surface area contributed by atoms with Crippen LogP contribution in [0.25, 0.3) is 11.1 Å². The van der Waals surface area contributed by atoms with Gasteiger partial charge in [0.05, 0.1) is 3.79 Å². The average molecular weight is 335 g/mol. The maximum atomic E-state index is 10.6. The van der Waals surface area contributed by atoms with Crippen molar-refractivity contribution in [2.24, 2.45) is 0 Å². The zero-order valence-electron chi connectivity index (χ0n) is 8.33. The molecule has 0 fully saturated rings. The Labute approximate surface area is 111 Å². The van der Waals surface area contributed by atoms with E-state index in [1.54, 1.807) is 6.07 Å². The minimum Gasteiger partial charge on any atom is -0.351 e. The lowest BCUT2D eigenvalue weighted by Gasteiger charge is -1.97. The third-order valence-corrected chi connectivity index (χ3v) is 4.15. The second-order valence-electron chi connectivity index (χ2n) is 3.13. The van der Waals surface area contributed by atoms with Crippen LogP contribution in [0.5, 0.6) is 5.06 Å². The van der Waals surface area contributed by atoms with Crippen molar-refractivity contribution in [1.82, 2.24) is 0 Å². The first kappa shape index (κ1) is 12.6. The first-order chi connectivity index (χ1) is 7.96. The second-order valence-corrected chi connectivity index (χ2v) is 6.48. The van der Waals surface area contributed by atoms with Crippen molar-refractivity contribution in [1.29, 1.82) is 0 Å². The highest BCUT2D eigenvalue weighted by Gasteiger charge is 2.14. The average Bonchev–Trinajstić information content (AvgIpc) is 2.58. The Bertz CT molecular complexity index is 619. The molecule has 0 bridgehead atoms. The zero-order chi connectivity index (χ0) is 12.5. The lowest BCUT2D eigenvalue weighted by Crippen LogP contribution is -2.05. The molecule has 0 aliphatic heterocycles. The van der Waals surface area contributed by atoms with Crippen LogP contribution in [0, 0.1) is 0 Å². The van der Waals surface area contributed by atoms with E-state index >= 15 is 0 Å². The Morgan fingerprint density at radius 3 is 2.47 bits per heavy atom. The van der Waals surface area contributed by atoms with E-state index in [-0.39, 0.29) is 5.06 Å². The summed E-state index contributed by atoms with van der Waals surface area (Å²) in [5.41, 5.74) is 1.75. The standard InChI is InChI=1S/C10H7BrO4S2/c11-10-8(7-4-2-1-3-5-7)6-9(16-10)15-17(12,13)14/h1-6H,(H,12,13,14). The maximum absolute atomic E-state index is 10.6. The summed E-state index contributed by atoms with van der Waals surface area (Å²) < 4.78 is 34.9. The van der Waals surface area contributed by atoms with Crippen molar-refractivity contribution in [2.45, 2.75) is 0 Å². The summed E-state index contributed by atoms with van der Waals surface area (Å²) in [6, 6.07) is 11.0. The molecular formula is C10H7BrO4S2. The van der Waals surface area contributed by atoms with Gasteiger partial charge in [0, 0.05) is 11.6 Å². The van der Waals surface area contributed by atoms with Crippen LogP contribution in [-0.2, 0) is 10.4 Å². The molecule has 0 amide bonds. The van der Waals surface area contributed by atoms with E-state index in [2.05, 4.69) is 20.1 Å². The molecule has 0 saturated heterocycles. The molecular weight excluding hydrogens is 328 g/mol. The second kappa shape index (κ2) is 4.77. The van der Waals surface area contributed by atoms with E-state index in [0.29, 0.717) is 0 Å². The van der Waals surface area contributed by atoms with Crippen LogP contribution in [0.1, 0.15) is 0 Å². The lowest BCUT2D eigenvalue weighted by atomic mass is 10.1. The number of rotatable bonds is 3. The van der Waals surface area contributed by atoms with E-state index in [4.69, 9.17) is 4.55 Å². The van der Waals surface area contributed by atoms with E-state index in [1.165, 1.54) is 0 Å². The fourth-order valence-electron chi connectivity index (χ4n) is 1.31. The highest BCUT2D eigenvalue weighted by Crippen LogP contribution is 2.40. The quantitative estimate of drug-likeness (QED) is 0.874. The summed E-state index contributed by atoms with van der Waals surface area (Å²) in [6.07, 6.45) is 0. The highest BCUT2D eigenvalue weighted by molar-refractivity contribution is 9.11. The van der Waals surface area contributed by atoms with Gasteiger partial charge in [-0.2, -0.15) is 8.42 Å². The van der Waals surface area contributed by atoms with Crippen LogP contribution in [0.3, 0.4) is 0 Å².